The van der Waals surface area contributed by atoms with E-state index in [0.717, 1.165) is 21.4 Å². The summed E-state index contributed by atoms with van der Waals surface area (Å²) in [6.07, 6.45) is 2.20. The van der Waals surface area contributed by atoms with Crippen molar-refractivity contribution >= 4 is 28.7 Å². The molecule has 0 bridgehead atoms. The summed E-state index contributed by atoms with van der Waals surface area (Å²) in [5.74, 6) is -2.49. The number of pyridine rings is 1. The normalized spacial score (nSPS) is 18.2. The molecule has 22 heavy (non-hydrogen) atoms. The number of nitrogens with zero attached hydrogens (tertiary/aromatic N) is 2. The van der Waals surface area contributed by atoms with Gasteiger partial charge in [0.1, 0.15) is 6.54 Å². The maximum absolute atomic E-state index is 12.1. The van der Waals surface area contributed by atoms with Gasteiger partial charge in [-0.3, -0.25) is 24.3 Å². The van der Waals surface area contributed by atoms with Gasteiger partial charge in [0.15, 0.2) is 0 Å². The van der Waals surface area contributed by atoms with E-state index in [2.05, 4.69) is 4.98 Å². The van der Waals surface area contributed by atoms with Gasteiger partial charge in [0, 0.05) is 18.0 Å². The molecule has 1 saturated heterocycles. The number of carboxylic acid groups (broad SMARTS) is 1. The quantitative estimate of drug-likeness (QED) is 0.858. The van der Waals surface area contributed by atoms with Gasteiger partial charge in [0.25, 0.3) is 0 Å². The van der Waals surface area contributed by atoms with Crippen LogP contribution in [0.3, 0.4) is 0 Å². The fraction of sp³-hybridized carbons (Fsp3) is 0.250. The zero-order chi connectivity index (χ0) is 15.7. The molecule has 0 radical (unpaired) electrons. The highest BCUT2D eigenvalue weighted by atomic mass is 16.4. The fourth-order valence-electron chi connectivity index (χ4n) is 2.75. The number of likely N-dealkylation sites (tertiary alicyclic amines) is 1. The lowest BCUT2D eigenvalue weighted by Gasteiger charge is -2.12. The Morgan fingerprint density at radius 3 is 2.91 bits per heavy atom. The number of amides is 2. The zero-order valence-electron chi connectivity index (χ0n) is 11.7. The van der Waals surface area contributed by atoms with Gasteiger partial charge in [-0.05, 0) is 30.2 Å². The number of rotatable bonds is 4. The number of aromatic nitrogens is 1. The zero-order valence-corrected chi connectivity index (χ0v) is 11.7. The molecule has 2 aromatic rings. The van der Waals surface area contributed by atoms with Crippen LogP contribution in [-0.4, -0.2) is 39.3 Å². The summed E-state index contributed by atoms with van der Waals surface area (Å²) in [4.78, 5) is 39.7. The van der Waals surface area contributed by atoms with Crippen LogP contribution < -0.4 is 0 Å². The van der Waals surface area contributed by atoms with Gasteiger partial charge in [-0.1, -0.05) is 12.1 Å². The molecule has 3 rings (SSSR count). The van der Waals surface area contributed by atoms with E-state index in [0.29, 0.717) is 6.42 Å². The molecular formula is C16H14N2O4. The van der Waals surface area contributed by atoms with E-state index in [9.17, 15) is 14.4 Å². The van der Waals surface area contributed by atoms with Crippen molar-refractivity contribution < 1.29 is 19.5 Å². The number of hydrogen-bond acceptors (Lipinski definition) is 4. The highest BCUT2D eigenvalue weighted by molar-refractivity contribution is 6.05. The molecule has 1 aliphatic heterocycles. The third-order valence-electron chi connectivity index (χ3n) is 3.78. The average Bonchev–Trinajstić information content (AvgIpc) is 2.74. The van der Waals surface area contributed by atoms with E-state index in [1.54, 1.807) is 6.20 Å². The summed E-state index contributed by atoms with van der Waals surface area (Å²) in [6, 6.07) is 9.48. The molecule has 6 heteroatoms. The van der Waals surface area contributed by atoms with Crippen molar-refractivity contribution in [3.8, 4) is 0 Å². The second-order valence-electron chi connectivity index (χ2n) is 5.35. The third-order valence-corrected chi connectivity index (χ3v) is 3.78. The molecule has 1 atom stereocenters. The Morgan fingerprint density at radius 1 is 1.32 bits per heavy atom. The average molecular weight is 298 g/mol. The topological polar surface area (TPSA) is 87.6 Å². The number of fused-ring (bicyclic) bond motifs is 1. The summed E-state index contributed by atoms with van der Waals surface area (Å²) in [7, 11) is 0. The van der Waals surface area contributed by atoms with E-state index in [-0.39, 0.29) is 6.42 Å². The maximum atomic E-state index is 12.1. The molecule has 0 saturated carbocycles. The molecule has 2 amide bonds. The second-order valence-corrected chi connectivity index (χ2v) is 5.35. The van der Waals surface area contributed by atoms with Crippen molar-refractivity contribution in [3.63, 3.8) is 0 Å². The van der Waals surface area contributed by atoms with Gasteiger partial charge in [-0.25, -0.2) is 0 Å². The van der Waals surface area contributed by atoms with Gasteiger partial charge in [-0.2, -0.15) is 0 Å². The van der Waals surface area contributed by atoms with Crippen LogP contribution in [0.5, 0.6) is 0 Å². The number of carbonyl (C=O) groups excluding carboxylic acids is 2. The number of aliphatic carboxylic acids is 1. The van der Waals surface area contributed by atoms with Gasteiger partial charge in [-0.15, -0.1) is 0 Å². The van der Waals surface area contributed by atoms with E-state index in [1.165, 1.54) is 0 Å². The first-order chi connectivity index (χ1) is 10.5. The summed E-state index contributed by atoms with van der Waals surface area (Å²) >= 11 is 0. The molecular weight excluding hydrogens is 284 g/mol. The van der Waals surface area contributed by atoms with Gasteiger partial charge in [0.2, 0.25) is 11.8 Å². The number of imide groups is 1. The molecule has 1 aromatic carbocycles. The van der Waals surface area contributed by atoms with Crippen LogP contribution in [0.4, 0.5) is 0 Å². The first kappa shape index (κ1) is 14.2. The Hall–Kier alpha value is -2.76. The van der Waals surface area contributed by atoms with E-state index in [4.69, 9.17) is 5.11 Å². The van der Waals surface area contributed by atoms with Crippen LogP contribution in [0.25, 0.3) is 10.9 Å². The lowest BCUT2D eigenvalue weighted by atomic mass is 9.97. The van der Waals surface area contributed by atoms with Crippen molar-refractivity contribution in [2.75, 3.05) is 6.54 Å². The third kappa shape index (κ3) is 2.67. The Bertz CT molecular complexity index is 772. The minimum Gasteiger partial charge on any atom is -0.480 e. The van der Waals surface area contributed by atoms with E-state index in [1.807, 2.05) is 30.3 Å². The SMILES string of the molecule is O=C(O)CN1C(=O)CC(Cc2ccc3ncccc3c2)C1=O. The van der Waals surface area contributed by atoms with Crippen molar-refractivity contribution in [2.24, 2.45) is 5.92 Å². The molecule has 1 unspecified atom stereocenters. The smallest absolute Gasteiger partial charge is 0.323 e. The first-order valence-electron chi connectivity index (χ1n) is 6.94. The Labute approximate surface area is 126 Å². The van der Waals surface area contributed by atoms with E-state index >= 15 is 0 Å². The molecule has 1 fully saturated rings. The van der Waals surface area contributed by atoms with Gasteiger partial charge in [0.05, 0.1) is 11.4 Å². The predicted molar refractivity (Wildman–Crippen MR) is 77.9 cm³/mol. The predicted octanol–water partition coefficient (Wildman–Crippen LogP) is 1.24. The molecule has 0 aliphatic carbocycles. The highest BCUT2D eigenvalue weighted by Gasteiger charge is 2.39. The minimum absolute atomic E-state index is 0.0667. The molecule has 1 N–H and O–H groups in total. The molecule has 0 spiro atoms. The van der Waals surface area contributed by atoms with Crippen LogP contribution in [-0.2, 0) is 20.8 Å². The Morgan fingerprint density at radius 2 is 2.14 bits per heavy atom. The molecule has 6 nitrogen and oxygen atoms in total. The van der Waals surface area contributed by atoms with Crippen LogP contribution >= 0.6 is 0 Å². The largest absolute Gasteiger partial charge is 0.480 e. The molecule has 1 aliphatic rings. The van der Waals surface area contributed by atoms with Crippen molar-refractivity contribution in [2.45, 2.75) is 12.8 Å². The monoisotopic (exact) mass is 298 g/mol. The number of carboxylic acids is 1. The highest BCUT2D eigenvalue weighted by Crippen LogP contribution is 2.24. The van der Waals surface area contributed by atoms with Crippen molar-refractivity contribution in [1.29, 1.82) is 0 Å². The maximum Gasteiger partial charge on any atom is 0.323 e. The molecule has 1 aromatic heterocycles. The van der Waals surface area contributed by atoms with Crippen LogP contribution in [0, 0.1) is 5.92 Å². The fourth-order valence-corrected chi connectivity index (χ4v) is 2.75. The Balaban J connectivity index is 1.78. The van der Waals surface area contributed by atoms with Gasteiger partial charge >= 0.3 is 5.97 Å². The van der Waals surface area contributed by atoms with Crippen molar-refractivity contribution in [1.82, 2.24) is 9.88 Å². The number of benzene rings is 1. The molecule has 2 heterocycles. The number of hydrogen-bond donors (Lipinski definition) is 1. The minimum atomic E-state index is -1.18. The van der Waals surface area contributed by atoms with Crippen LogP contribution in [0.2, 0.25) is 0 Å². The first-order valence-corrected chi connectivity index (χ1v) is 6.94. The van der Waals surface area contributed by atoms with Crippen LogP contribution in [0.1, 0.15) is 12.0 Å². The summed E-state index contributed by atoms with van der Waals surface area (Å²) in [5, 5.41) is 9.72. The van der Waals surface area contributed by atoms with Crippen LogP contribution in [0.15, 0.2) is 36.5 Å². The lowest BCUT2D eigenvalue weighted by molar-refractivity contribution is -0.149. The summed E-state index contributed by atoms with van der Waals surface area (Å²) in [5.41, 5.74) is 1.80. The summed E-state index contributed by atoms with van der Waals surface area (Å²) < 4.78 is 0. The summed E-state index contributed by atoms with van der Waals surface area (Å²) in [6.45, 7) is -0.560. The molecule has 112 valence electrons. The number of carbonyl (C=O) groups is 3. The van der Waals surface area contributed by atoms with Crippen molar-refractivity contribution in [3.05, 3.63) is 42.1 Å². The Kier molecular flexibility index (Phi) is 3.58. The standard InChI is InChI=1S/C16H14N2O4/c19-14-8-12(16(22)18(14)9-15(20)21)7-10-3-4-13-11(6-10)2-1-5-17-13/h1-6,12H,7-9H2,(H,20,21). The second kappa shape index (κ2) is 5.55. The van der Waals surface area contributed by atoms with E-state index < -0.39 is 30.2 Å². The lowest BCUT2D eigenvalue weighted by Crippen LogP contribution is -2.35. The van der Waals surface area contributed by atoms with Gasteiger partial charge < -0.3 is 5.11 Å².